The van der Waals surface area contributed by atoms with E-state index in [0.29, 0.717) is 19.6 Å². The Morgan fingerprint density at radius 1 is 1.21 bits per heavy atom. The number of piperazine rings is 1. The van der Waals surface area contributed by atoms with Crippen LogP contribution in [0.3, 0.4) is 0 Å². The molecule has 0 radical (unpaired) electrons. The fraction of sp³-hybridized carbons (Fsp3) is 0.476. The molecule has 152 valence electrons. The van der Waals surface area contributed by atoms with Crippen LogP contribution in [0, 0.1) is 0 Å². The van der Waals surface area contributed by atoms with Gasteiger partial charge in [0.2, 0.25) is 11.8 Å². The number of hydrogen-bond donors (Lipinski definition) is 1. The van der Waals surface area contributed by atoms with E-state index in [-0.39, 0.29) is 36.9 Å². The molecule has 28 heavy (non-hydrogen) atoms. The minimum atomic E-state index is -0.574. The van der Waals surface area contributed by atoms with E-state index in [2.05, 4.69) is 11.9 Å². The highest BCUT2D eigenvalue weighted by atomic mass is 16.6. The zero-order valence-electron chi connectivity index (χ0n) is 16.8. The Balaban J connectivity index is 2.10. The molecule has 0 spiro atoms. The molecule has 2 rings (SSSR count). The van der Waals surface area contributed by atoms with E-state index in [9.17, 15) is 14.4 Å². The lowest BCUT2D eigenvalue weighted by Crippen LogP contribution is -2.53. The minimum Gasteiger partial charge on any atom is -0.444 e. The number of rotatable bonds is 5. The van der Waals surface area contributed by atoms with Crippen LogP contribution < -0.4 is 5.32 Å². The molecule has 0 aliphatic carbocycles. The molecular formula is C21H29N3O4. The van der Waals surface area contributed by atoms with Gasteiger partial charge in [-0.15, -0.1) is 0 Å². The standard InChI is InChI=1S/C21H29N3O4/c1-5-18(25)22-12-11-19(26)24-14-13-23(20(27)28-21(2,3)4)15-17(24)16-9-7-6-8-10-16/h5-10,17H,1,11-15H2,2-4H3,(H,22,25). The van der Waals surface area contributed by atoms with Crippen LogP contribution in [0.15, 0.2) is 43.0 Å². The van der Waals surface area contributed by atoms with E-state index >= 15 is 0 Å². The first-order valence-electron chi connectivity index (χ1n) is 9.44. The topological polar surface area (TPSA) is 79.0 Å². The largest absolute Gasteiger partial charge is 0.444 e. The van der Waals surface area contributed by atoms with E-state index in [1.54, 1.807) is 9.80 Å². The molecule has 1 aromatic carbocycles. The predicted octanol–water partition coefficient (Wildman–Crippen LogP) is 2.50. The Labute approximate surface area is 166 Å². The third-order valence-corrected chi connectivity index (χ3v) is 4.36. The summed E-state index contributed by atoms with van der Waals surface area (Å²) in [5.41, 5.74) is 0.384. The van der Waals surface area contributed by atoms with Gasteiger partial charge in [0.25, 0.3) is 0 Å². The molecule has 1 aliphatic heterocycles. The zero-order valence-corrected chi connectivity index (χ0v) is 16.8. The van der Waals surface area contributed by atoms with E-state index in [1.807, 2.05) is 51.1 Å². The molecule has 1 unspecified atom stereocenters. The zero-order chi connectivity index (χ0) is 20.7. The molecule has 1 aliphatic rings. The van der Waals surface area contributed by atoms with Gasteiger partial charge in [0.15, 0.2) is 0 Å². The molecule has 0 bridgehead atoms. The van der Waals surface area contributed by atoms with Crippen molar-refractivity contribution in [3.8, 4) is 0 Å². The average molecular weight is 387 g/mol. The van der Waals surface area contributed by atoms with E-state index in [1.165, 1.54) is 6.08 Å². The number of nitrogens with one attached hydrogen (secondary N) is 1. The molecule has 1 N–H and O–H groups in total. The first-order chi connectivity index (χ1) is 13.2. The SMILES string of the molecule is C=CC(=O)NCCC(=O)N1CCN(C(=O)OC(C)(C)C)CC1c1ccccc1. The molecule has 0 aromatic heterocycles. The van der Waals surface area contributed by atoms with Gasteiger partial charge in [-0.1, -0.05) is 36.9 Å². The van der Waals surface area contributed by atoms with Crippen molar-refractivity contribution < 1.29 is 19.1 Å². The second-order valence-electron chi connectivity index (χ2n) is 7.69. The summed E-state index contributed by atoms with van der Waals surface area (Å²) in [4.78, 5) is 40.0. The van der Waals surface area contributed by atoms with E-state index in [0.717, 1.165) is 5.56 Å². The summed E-state index contributed by atoms with van der Waals surface area (Å²) < 4.78 is 5.49. The Morgan fingerprint density at radius 3 is 2.50 bits per heavy atom. The third-order valence-electron chi connectivity index (χ3n) is 4.36. The highest BCUT2D eigenvalue weighted by Crippen LogP contribution is 2.27. The minimum absolute atomic E-state index is 0.0675. The fourth-order valence-electron chi connectivity index (χ4n) is 3.04. The first kappa shape index (κ1) is 21.5. The summed E-state index contributed by atoms with van der Waals surface area (Å²) in [6.07, 6.45) is 0.991. The molecule has 1 fully saturated rings. The fourth-order valence-corrected chi connectivity index (χ4v) is 3.04. The number of amides is 3. The van der Waals surface area contributed by atoms with Crippen molar-refractivity contribution >= 4 is 17.9 Å². The highest BCUT2D eigenvalue weighted by Gasteiger charge is 2.34. The van der Waals surface area contributed by atoms with Gasteiger partial charge in [-0.3, -0.25) is 9.59 Å². The summed E-state index contributed by atoms with van der Waals surface area (Å²) >= 11 is 0. The van der Waals surface area contributed by atoms with Crippen molar-refractivity contribution in [2.45, 2.75) is 38.8 Å². The number of ether oxygens (including phenoxy) is 1. The van der Waals surface area contributed by atoms with Crippen molar-refractivity contribution in [1.82, 2.24) is 15.1 Å². The second-order valence-corrected chi connectivity index (χ2v) is 7.69. The molecule has 1 aromatic rings. The predicted molar refractivity (Wildman–Crippen MR) is 107 cm³/mol. The number of nitrogens with zero attached hydrogens (tertiary/aromatic N) is 2. The van der Waals surface area contributed by atoms with Gasteiger partial charge in [0.1, 0.15) is 5.60 Å². The molecule has 1 heterocycles. The Morgan fingerprint density at radius 2 is 1.89 bits per heavy atom. The Bertz CT molecular complexity index is 712. The van der Waals surface area contributed by atoms with Gasteiger partial charge < -0.3 is 19.9 Å². The number of carbonyl (C=O) groups excluding carboxylic acids is 3. The van der Waals surface area contributed by atoms with Crippen molar-refractivity contribution in [2.75, 3.05) is 26.2 Å². The average Bonchev–Trinajstić information content (AvgIpc) is 2.66. The molecular weight excluding hydrogens is 358 g/mol. The maximum atomic E-state index is 12.8. The lowest BCUT2D eigenvalue weighted by atomic mass is 10.0. The van der Waals surface area contributed by atoms with E-state index in [4.69, 9.17) is 4.74 Å². The summed E-state index contributed by atoms with van der Waals surface area (Å²) in [7, 11) is 0. The van der Waals surface area contributed by atoms with Crippen LogP contribution in [0.2, 0.25) is 0 Å². The number of carbonyl (C=O) groups is 3. The summed E-state index contributed by atoms with van der Waals surface area (Å²) in [6, 6.07) is 9.37. The van der Waals surface area contributed by atoms with Gasteiger partial charge in [0.05, 0.1) is 6.04 Å². The molecule has 7 nitrogen and oxygen atoms in total. The molecule has 0 saturated carbocycles. The first-order valence-corrected chi connectivity index (χ1v) is 9.44. The van der Waals surface area contributed by atoms with Crippen LogP contribution in [0.1, 0.15) is 38.8 Å². The summed E-state index contributed by atoms with van der Waals surface area (Å²) in [5, 5.41) is 2.62. The van der Waals surface area contributed by atoms with Crippen LogP contribution in [0.25, 0.3) is 0 Å². The van der Waals surface area contributed by atoms with Gasteiger partial charge >= 0.3 is 6.09 Å². The van der Waals surface area contributed by atoms with Crippen molar-refractivity contribution in [1.29, 1.82) is 0 Å². The Hall–Kier alpha value is -2.83. The molecule has 1 saturated heterocycles. The van der Waals surface area contributed by atoms with E-state index < -0.39 is 5.60 Å². The smallest absolute Gasteiger partial charge is 0.410 e. The van der Waals surface area contributed by atoms with Gasteiger partial charge in [0, 0.05) is 32.6 Å². The van der Waals surface area contributed by atoms with Crippen molar-refractivity contribution in [3.05, 3.63) is 48.6 Å². The number of benzene rings is 1. The maximum absolute atomic E-state index is 12.8. The Kier molecular flexibility index (Phi) is 7.20. The lowest BCUT2D eigenvalue weighted by molar-refractivity contribution is -0.136. The summed E-state index contributed by atoms with van der Waals surface area (Å²) in [5.74, 6) is -0.371. The van der Waals surface area contributed by atoms with Crippen LogP contribution in [-0.2, 0) is 14.3 Å². The van der Waals surface area contributed by atoms with Crippen molar-refractivity contribution in [2.24, 2.45) is 0 Å². The quantitative estimate of drug-likeness (QED) is 0.788. The van der Waals surface area contributed by atoms with Crippen LogP contribution >= 0.6 is 0 Å². The third kappa shape index (κ3) is 6.11. The van der Waals surface area contributed by atoms with Crippen LogP contribution in [0.4, 0.5) is 4.79 Å². The van der Waals surface area contributed by atoms with Gasteiger partial charge in [-0.25, -0.2) is 4.79 Å². The monoisotopic (exact) mass is 387 g/mol. The summed E-state index contributed by atoms with van der Waals surface area (Å²) in [6.45, 7) is 10.3. The van der Waals surface area contributed by atoms with Gasteiger partial charge in [-0.2, -0.15) is 0 Å². The molecule has 7 heteroatoms. The van der Waals surface area contributed by atoms with Crippen LogP contribution in [-0.4, -0.2) is 59.5 Å². The maximum Gasteiger partial charge on any atom is 0.410 e. The number of hydrogen-bond acceptors (Lipinski definition) is 4. The van der Waals surface area contributed by atoms with Crippen LogP contribution in [0.5, 0.6) is 0 Å². The highest BCUT2D eigenvalue weighted by molar-refractivity contribution is 5.87. The normalized spacial score (nSPS) is 17.0. The lowest BCUT2D eigenvalue weighted by Gasteiger charge is -2.42. The molecule has 1 atom stereocenters. The molecule has 3 amide bonds. The second kappa shape index (κ2) is 9.39. The van der Waals surface area contributed by atoms with Gasteiger partial charge in [-0.05, 0) is 32.4 Å². The van der Waals surface area contributed by atoms with Crippen molar-refractivity contribution in [3.63, 3.8) is 0 Å².